The molecule has 0 saturated heterocycles. The Kier molecular flexibility index (Phi) is 6.45. The molecule has 1 nitrogen and oxygen atoms in total. The molecule has 0 aromatic carbocycles. The smallest absolute Gasteiger partial charge is 0.0568 e. The summed E-state index contributed by atoms with van der Waals surface area (Å²) in [6, 6.07) is 0. The summed E-state index contributed by atoms with van der Waals surface area (Å²) >= 11 is 0. The van der Waals surface area contributed by atoms with E-state index in [9.17, 15) is 5.11 Å². The quantitative estimate of drug-likeness (QED) is 0.595. The maximum Gasteiger partial charge on any atom is 0.0568 e. The summed E-state index contributed by atoms with van der Waals surface area (Å²) < 4.78 is 0. The minimum absolute atomic E-state index is 0.0197. The van der Waals surface area contributed by atoms with Crippen LogP contribution in [0.3, 0.4) is 0 Å². The SMILES string of the molecule is CC1CCCC(O)C1C.CCC. The molecule has 1 rings (SSSR count). The van der Waals surface area contributed by atoms with Gasteiger partial charge in [0.1, 0.15) is 0 Å². The summed E-state index contributed by atoms with van der Waals surface area (Å²) in [5.41, 5.74) is 0. The zero-order chi connectivity index (χ0) is 9.56. The molecule has 0 radical (unpaired) electrons. The molecule has 1 aliphatic carbocycles. The van der Waals surface area contributed by atoms with Crippen LogP contribution in [0, 0.1) is 11.8 Å². The first-order valence-corrected chi connectivity index (χ1v) is 5.31. The Morgan fingerprint density at radius 3 is 2.00 bits per heavy atom. The Bertz CT molecular complexity index is 91.2. The van der Waals surface area contributed by atoms with Crippen molar-refractivity contribution < 1.29 is 5.11 Å². The van der Waals surface area contributed by atoms with Crippen LogP contribution in [0.2, 0.25) is 0 Å². The molecule has 1 fully saturated rings. The van der Waals surface area contributed by atoms with E-state index in [0.29, 0.717) is 5.92 Å². The van der Waals surface area contributed by atoms with Crippen LogP contribution in [0.15, 0.2) is 0 Å². The van der Waals surface area contributed by atoms with Crippen LogP contribution in [0.1, 0.15) is 53.4 Å². The van der Waals surface area contributed by atoms with Gasteiger partial charge in [-0.25, -0.2) is 0 Å². The molecule has 1 N–H and O–H groups in total. The number of aliphatic hydroxyl groups excluding tert-OH is 1. The number of hydrogen-bond donors (Lipinski definition) is 1. The maximum atomic E-state index is 9.35. The van der Waals surface area contributed by atoms with Crippen molar-refractivity contribution in [1.82, 2.24) is 0 Å². The van der Waals surface area contributed by atoms with Crippen molar-refractivity contribution in [2.45, 2.75) is 59.5 Å². The highest BCUT2D eigenvalue weighted by atomic mass is 16.3. The first-order chi connectivity index (χ1) is 5.63. The fourth-order valence-corrected chi connectivity index (χ4v) is 1.55. The third-order valence-corrected chi connectivity index (χ3v) is 2.66. The lowest BCUT2D eigenvalue weighted by Gasteiger charge is -2.30. The Balaban J connectivity index is 0.000000354. The van der Waals surface area contributed by atoms with Crippen LogP contribution in [0.25, 0.3) is 0 Å². The normalized spacial score (nSPS) is 35.2. The molecule has 0 amide bonds. The number of rotatable bonds is 0. The topological polar surface area (TPSA) is 20.2 Å². The van der Waals surface area contributed by atoms with E-state index in [1.165, 1.54) is 19.3 Å². The van der Waals surface area contributed by atoms with Gasteiger partial charge in [-0.2, -0.15) is 0 Å². The molecule has 74 valence electrons. The van der Waals surface area contributed by atoms with Crippen molar-refractivity contribution in [3.8, 4) is 0 Å². The second-order valence-electron chi connectivity index (χ2n) is 4.04. The minimum Gasteiger partial charge on any atom is -0.393 e. The molecule has 1 aliphatic rings. The third kappa shape index (κ3) is 4.10. The molecule has 0 bridgehead atoms. The summed E-state index contributed by atoms with van der Waals surface area (Å²) in [5, 5.41) is 9.35. The van der Waals surface area contributed by atoms with Gasteiger partial charge in [-0.1, -0.05) is 47.0 Å². The van der Waals surface area contributed by atoms with Gasteiger partial charge in [0.15, 0.2) is 0 Å². The van der Waals surface area contributed by atoms with Crippen molar-refractivity contribution in [2.75, 3.05) is 0 Å². The van der Waals surface area contributed by atoms with E-state index in [-0.39, 0.29) is 6.10 Å². The number of aliphatic hydroxyl groups is 1. The van der Waals surface area contributed by atoms with E-state index >= 15 is 0 Å². The summed E-state index contributed by atoms with van der Waals surface area (Å²) in [7, 11) is 0. The minimum atomic E-state index is -0.0197. The van der Waals surface area contributed by atoms with Gasteiger partial charge < -0.3 is 5.11 Å². The van der Waals surface area contributed by atoms with Gasteiger partial charge in [0.05, 0.1) is 6.10 Å². The summed E-state index contributed by atoms with van der Waals surface area (Å²) in [5.74, 6) is 1.26. The zero-order valence-corrected chi connectivity index (χ0v) is 9.01. The van der Waals surface area contributed by atoms with Crippen LogP contribution < -0.4 is 0 Å². The van der Waals surface area contributed by atoms with Crippen molar-refractivity contribution in [2.24, 2.45) is 11.8 Å². The molecule has 0 aromatic heterocycles. The Hall–Kier alpha value is -0.0400. The van der Waals surface area contributed by atoms with Crippen molar-refractivity contribution in [3.05, 3.63) is 0 Å². The van der Waals surface area contributed by atoms with Crippen LogP contribution in [0.4, 0.5) is 0 Å². The fourth-order valence-electron chi connectivity index (χ4n) is 1.55. The lowest BCUT2D eigenvalue weighted by Crippen LogP contribution is -2.28. The second-order valence-corrected chi connectivity index (χ2v) is 4.04. The highest BCUT2D eigenvalue weighted by Gasteiger charge is 2.24. The molecule has 0 heterocycles. The van der Waals surface area contributed by atoms with Gasteiger partial charge in [-0.05, 0) is 18.3 Å². The Labute approximate surface area is 77.2 Å². The van der Waals surface area contributed by atoms with E-state index in [1.807, 2.05) is 0 Å². The van der Waals surface area contributed by atoms with Gasteiger partial charge in [0, 0.05) is 0 Å². The van der Waals surface area contributed by atoms with Gasteiger partial charge in [0.2, 0.25) is 0 Å². The lowest BCUT2D eigenvalue weighted by molar-refractivity contribution is 0.0486. The van der Waals surface area contributed by atoms with Gasteiger partial charge in [-0.15, -0.1) is 0 Å². The molecular formula is C11H24O. The molecule has 3 unspecified atom stereocenters. The first kappa shape index (κ1) is 12.0. The van der Waals surface area contributed by atoms with Gasteiger partial charge >= 0.3 is 0 Å². The predicted octanol–water partition coefficient (Wildman–Crippen LogP) is 3.22. The molecule has 3 atom stereocenters. The predicted molar refractivity (Wildman–Crippen MR) is 54.2 cm³/mol. The standard InChI is InChI=1S/C8H16O.C3H8/c1-6-4-3-5-8(9)7(6)2;1-3-2/h6-9H,3-5H2,1-2H3;3H2,1-2H3. The summed E-state index contributed by atoms with van der Waals surface area (Å²) in [6.07, 6.45) is 4.77. The lowest BCUT2D eigenvalue weighted by atomic mass is 9.80. The van der Waals surface area contributed by atoms with Crippen molar-refractivity contribution in [1.29, 1.82) is 0 Å². The molecule has 0 aromatic rings. The molecule has 0 spiro atoms. The summed E-state index contributed by atoms with van der Waals surface area (Å²) in [6.45, 7) is 8.63. The monoisotopic (exact) mass is 172 g/mol. The van der Waals surface area contributed by atoms with Crippen LogP contribution >= 0.6 is 0 Å². The first-order valence-electron chi connectivity index (χ1n) is 5.31. The van der Waals surface area contributed by atoms with Crippen molar-refractivity contribution in [3.63, 3.8) is 0 Å². The van der Waals surface area contributed by atoms with Gasteiger partial charge in [0.25, 0.3) is 0 Å². The van der Waals surface area contributed by atoms with Gasteiger partial charge in [-0.3, -0.25) is 0 Å². The van der Waals surface area contributed by atoms with E-state index in [2.05, 4.69) is 27.7 Å². The van der Waals surface area contributed by atoms with E-state index in [0.717, 1.165) is 12.3 Å². The molecule has 0 aliphatic heterocycles. The average molecular weight is 172 g/mol. The molecule has 1 heteroatoms. The average Bonchev–Trinajstić information content (AvgIpc) is 2.02. The Morgan fingerprint density at radius 2 is 1.67 bits per heavy atom. The van der Waals surface area contributed by atoms with Crippen LogP contribution in [-0.4, -0.2) is 11.2 Å². The second kappa shape index (κ2) is 6.47. The molecule has 1 saturated carbocycles. The molecular weight excluding hydrogens is 148 g/mol. The third-order valence-electron chi connectivity index (χ3n) is 2.66. The maximum absolute atomic E-state index is 9.35. The van der Waals surface area contributed by atoms with E-state index in [4.69, 9.17) is 0 Å². The van der Waals surface area contributed by atoms with Crippen LogP contribution in [-0.2, 0) is 0 Å². The van der Waals surface area contributed by atoms with E-state index < -0.39 is 0 Å². The highest BCUT2D eigenvalue weighted by molar-refractivity contribution is 4.75. The Morgan fingerprint density at radius 1 is 1.17 bits per heavy atom. The highest BCUT2D eigenvalue weighted by Crippen LogP contribution is 2.28. The zero-order valence-electron chi connectivity index (χ0n) is 9.01. The fraction of sp³-hybridized carbons (Fsp3) is 1.00. The largest absolute Gasteiger partial charge is 0.393 e. The molecule has 12 heavy (non-hydrogen) atoms. The number of hydrogen-bond acceptors (Lipinski definition) is 1. The van der Waals surface area contributed by atoms with E-state index in [1.54, 1.807) is 0 Å². The summed E-state index contributed by atoms with van der Waals surface area (Å²) in [4.78, 5) is 0. The van der Waals surface area contributed by atoms with Crippen molar-refractivity contribution >= 4 is 0 Å². The van der Waals surface area contributed by atoms with Crippen LogP contribution in [0.5, 0.6) is 0 Å².